The number of hydrogen-bond acceptors (Lipinski definition) is 2. The number of aryl methyl sites for hydroxylation is 1. The fourth-order valence-corrected chi connectivity index (χ4v) is 1.23. The molecular weight excluding hydrogens is 196 g/mol. The number of aromatic amines is 1. The lowest BCUT2D eigenvalue weighted by Gasteiger charge is -2.01. The molecule has 0 fully saturated rings. The molecule has 0 aromatic carbocycles. The minimum absolute atomic E-state index is 0.215. The van der Waals surface area contributed by atoms with Crippen LogP contribution in [0.4, 0.5) is 0 Å². The summed E-state index contributed by atoms with van der Waals surface area (Å²) < 4.78 is 0. The molecule has 3 N–H and O–H groups in total. The molecule has 1 rings (SSSR count). The van der Waals surface area contributed by atoms with Gasteiger partial charge in [-0.2, -0.15) is 0 Å². The Balaban J connectivity index is 2.09. The van der Waals surface area contributed by atoms with Crippen LogP contribution in [0.2, 0.25) is 0 Å². The molecule has 1 aromatic heterocycles. The normalized spacial score (nSPS) is 9.87. The van der Waals surface area contributed by atoms with E-state index >= 15 is 0 Å². The van der Waals surface area contributed by atoms with Crippen LogP contribution in [-0.2, 0) is 16.0 Å². The highest BCUT2D eigenvalue weighted by Gasteiger charge is 2.03. The van der Waals surface area contributed by atoms with Crippen LogP contribution < -0.4 is 5.32 Å². The number of aliphatic carboxylic acids is 1. The number of H-pyrrole nitrogens is 1. The molecule has 0 saturated carbocycles. The maximum atomic E-state index is 11.1. The fourth-order valence-electron chi connectivity index (χ4n) is 1.23. The Kier molecular flexibility index (Phi) is 4.40. The maximum absolute atomic E-state index is 11.1. The smallest absolute Gasteiger partial charge is 0.322 e. The van der Waals surface area contributed by atoms with Gasteiger partial charge in [-0.3, -0.25) is 9.59 Å². The zero-order chi connectivity index (χ0) is 11.1. The standard InChI is InChI=1S/C10H14N2O3/c13-9(12-7-10(14)15)3-1-2-8-4-5-11-6-8/h4-6,11H,1-3,7H2,(H,12,13)(H,14,15). The number of carboxylic acids is 1. The molecule has 0 unspecified atom stereocenters. The molecule has 15 heavy (non-hydrogen) atoms. The first-order valence-electron chi connectivity index (χ1n) is 4.78. The van der Waals surface area contributed by atoms with Crippen molar-refractivity contribution in [3.63, 3.8) is 0 Å². The number of amides is 1. The van der Waals surface area contributed by atoms with Gasteiger partial charge >= 0.3 is 5.97 Å². The van der Waals surface area contributed by atoms with E-state index in [0.29, 0.717) is 6.42 Å². The van der Waals surface area contributed by atoms with E-state index in [9.17, 15) is 9.59 Å². The number of aromatic nitrogens is 1. The second kappa shape index (κ2) is 5.85. The molecule has 0 aliphatic heterocycles. The van der Waals surface area contributed by atoms with Gasteiger partial charge in [0.25, 0.3) is 0 Å². The van der Waals surface area contributed by atoms with Gasteiger partial charge in [0.1, 0.15) is 6.54 Å². The van der Waals surface area contributed by atoms with Crippen LogP contribution in [0.3, 0.4) is 0 Å². The number of nitrogens with one attached hydrogen (secondary N) is 2. The van der Waals surface area contributed by atoms with Crippen LogP contribution in [0.1, 0.15) is 18.4 Å². The van der Waals surface area contributed by atoms with Crippen LogP contribution in [0.25, 0.3) is 0 Å². The van der Waals surface area contributed by atoms with Crippen LogP contribution in [-0.4, -0.2) is 28.5 Å². The first-order chi connectivity index (χ1) is 7.18. The summed E-state index contributed by atoms with van der Waals surface area (Å²) in [7, 11) is 0. The highest BCUT2D eigenvalue weighted by Crippen LogP contribution is 2.02. The van der Waals surface area contributed by atoms with Crippen LogP contribution in [0.15, 0.2) is 18.5 Å². The quantitative estimate of drug-likeness (QED) is 0.640. The van der Waals surface area contributed by atoms with Crippen LogP contribution >= 0.6 is 0 Å². The van der Waals surface area contributed by atoms with Crippen molar-refractivity contribution < 1.29 is 14.7 Å². The Hall–Kier alpha value is -1.78. The molecule has 1 heterocycles. The van der Waals surface area contributed by atoms with Gasteiger partial charge < -0.3 is 15.4 Å². The van der Waals surface area contributed by atoms with Gasteiger partial charge in [0, 0.05) is 18.8 Å². The molecular formula is C10H14N2O3. The van der Waals surface area contributed by atoms with E-state index < -0.39 is 5.97 Å². The van der Waals surface area contributed by atoms with E-state index in [2.05, 4.69) is 10.3 Å². The molecule has 0 radical (unpaired) electrons. The van der Waals surface area contributed by atoms with Crippen LogP contribution in [0, 0.1) is 0 Å². The molecule has 0 atom stereocenters. The summed E-state index contributed by atoms with van der Waals surface area (Å²) in [6, 6.07) is 1.95. The summed E-state index contributed by atoms with van der Waals surface area (Å²) in [6.45, 7) is -0.303. The summed E-state index contributed by atoms with van der Waals surface area (Å²) in [5, 5.41) is 10.6. The Morgan fingerprint density at radius 3 is 2.87 bits per heavy atom. The van der Waals surface area contributed by atoms with E-state index in [1.54, 1.807) is 0 Å². The molecule has 0 bridgehead atoms. The Bertz CT molecular complexity index is 319. The molecule has 5 heteroatoms. The van der Waals surface area contributed by atoms with Crippen LogP contribution in [0.5, 0.6) is 0 Å². The lowest BCUT2D eigenvalue weighted by molar-refractivity contribution is -0.137. The molecule has 82 valence electrons. The summed E-state index contributed by atoms with van der Waals surface area (Å²) in [4.78, 5) is 24.2. The monoisotopic (exact) mass is 210 g/mol. The predicted octanol–water partition coefficient (Wildman–Crippen LogP) is 0.538. The third-order valence-corrected chi connectivity index (χ3v) is 1.97. The maximum Gasteiger partial charge on any atom is 0.322 e. The lowest BCUT2D eigenvalue weighted by atomic mass is 10.1. The lowest BCUT2D eigenvalue weighted by Crippen LogP contribution is -2.28. The van der Waals surface area contributed by atoms with E-state index in [1.807, 2.05) is 18.5 Å². The summed E-state index contributed by atoms with van der Waals surface area (Å²) in [6.07, 6.45) is 5.63. The van der Waals surface area contributed by atoms with Crippen molar-refractivity contribution in [3.05, 3.63) is 24.0 Å². The Labute approximate surface area is 87.5 Å². The first-order valence-corrected chi connectivity index (χ1v) is 4.78. The third kappa shape index (κ3) is 4.85. The number of carbonyl (C=O) groups excluding carboxylic acids is 1. The van der Waals surface area contributed by atoms with Crippen molar-refractivity contribution >= 4 is 11.9 Å². The van der Waals surface area contributed by atoms with Gasteiger partial charge in [-0.25, -0.2) is 0 Å². The number of carbonyl (C=O) groups is 2. The largest absolute Gasteiger partial charge is 0.480 e. The zero-order valence-electron chi connectivity index (χ0n) is 8.32. The van der Waals surface area contributed by atoms with Gasteiger partial charge in [-0.05, 0) is 24.5 Å². The molecule has 0 aliphatic rings. The topological polar surface area (TPSA) is 82.2 Å². The number of carboxylic acid groups (broad SMARTS) is 1. The molecule has 0 aliphatic carbocycles. The summed E-state index contributed by atoms with van der Waals surface area (Å²) in [5.41, 5.74) is 1.15. The van der Waals surface area contributed by atoms with Gasteiger partial charge in [-0.15, -0.1) is 0 Å². The number of rotatable bonds is 6. The summed E-state index contributed by atoms with van der Waals surface area (Å²) >= 11 is 0. The van der Waals surface area contributed by atoms with Gasteiger partial charge in [-0.1, -0.05) is 0 Å². The highest BCUT2D eigenvalue weighted by molar-refractivity contribution is 5.80. The van der Waals surface area contributed by atoms with Gasteiger partial charge in [0.05, 0.1) is 0 Å². The zero-order valence-corrected chi connectivity index (χ0v) is 8.32. The minimum Gasteiger partial charge on any atom is -0.480 e. The van der Waals surface area contributed by atoms with E-state index in [1.165, 1.54) is 0 Å². The van der Waals surface area contributed by atoms with E-state index in [0.717, 1.165) is 18.4 Å². The molecule has 1 aromatic rings. The van der Waals surface area contributed by atoms with Crippen molar-refractivity contribution in [1.29, 1.82) is 0 Å². The number of hydrogen-bond donors (Lipinski definition) is 3. The second-order valence-corrected chi connectivity index (χ2v) is 3.24. The van der Waals surface area contributed by atoms with Crippen molar-refractivity contribution in [2.75, 3.05) is 6.54 Å². The second-order valence-electron chi connectivity index (χ2n) is 3.24. The highest BCUT2D eigenvalue weighted by atomic mass is 16.4. The Morgan fingerprint density at radius 2 is 2.27 bits per heavy atom. The minimum atomic E-state index is -1.02. The van der Waals surface area contributed by atoms with Crippen molar-refractivity contribution in [1.82, 2.24) is 10.3 Å². The fraction of sp³-hybridized carbons (Fsp3) is 0.400. The third-order valence-electron chi connectivity index (χ3n) is 1.97. The van der Waals surface area contributed by atoms with Crippen molar-refractivity contribution in [2.45, 2.75) is 19.3 Å². The molecule has 0 spiro atoms. The average Bonchev–Trinajstić information content (AvgIpc) is 2.67. The van der Waals surface area contributed by atoms with E-state index in [4.69, 9.17) is 5.11 Å². The molecule has 5 nitrogen and oxygen atoms in total. The van der Waals surface area contributed by atoms with E-state index in [-0.39, 0.29) is 12.5 Å². The summed E-state index contributed by atoms with van der Waals surface area (Å²) in [5.74, 6) is -1.23. The van der Waals surface area contributed by atoms with Gasteiger partial charge in [0.15, 0.2) is 0 Å². The van der Waals surface area contributed by atoms with Crippen molar-refractivity contribution in [2.24, 2.45) is 0 Å². The molecule has 0 saturated heterocycles. The average molecular weight is 210 g/mol. The van der Waals surface area contributed by atoms with Gasteiger partial charge in [0.2, 0.25) is 5.91 Å². The predicted molar refractivity (Wildman–Crippen MR) is 54.4 cm³/mol. The first kappa shape index (κ1) is 11.3. The SMILES string of the molecule is O=C(O)CNC(=O)CCCc1cc[nH]c1. The Morgan fingerprint density at radius 1 is 1.47 bits per heavy atom. The molecule has 1 amide bonds. The van der Waals surface area contributed by atoms with Crippen molar-refractivity contribution in [3.8, 4) is 0 Å².